The quantitative estimate of drug-likeness (QED) is 0.536. The van der Waals surface area contributed by atoms with E-state index in [1.165, 1.54) is 11.3 Å². The first kappa shape index (κ1) is 22.8. The third-order valence-electron chi connectivity index (χ3n) is 4.90. The van der Waals surface area contributed by atoms with Gasteiger partial charge in [-0.3, -0.25) is 9.59 Å². The number of esters is 1. The Morgan fingerprint density at radius 3 is 2.45 bits per heavy atom. The molecule has 1 N–H and O–H groups in total. The Morgan fingerprint density at radius 2 is 1.77 bits per heavy atom. The Morgan fingerprint density at radius 1 is 1.10 bits per heavy atom. The minimum Gasteiger partial charge on any atom is -0.490 e. The molecule has 1 aromatic carbocycles. The van der Waals surface area contributed by atoms with Crippen molar-refractivity contribution in [1.82, 2.24) is 0 Å². The van der Waals surface area contributed by atoms with Crippen molar-refractivity contribution in [2.45, 2.75) is 41.0 Å². The first-order valence-electron chi connectivity index (χ1n) is 10.1. The minimum absolute atomic E-state index is 0.203. The number of Topliss-reactive ketones (excluding diaryl/α,β-unsaturated/α-hetero) is 1. The zero-order valence-corrected chi connectivity index (χ0v) is 19.2. The standard InChI is InChI=1S/C23H27NO6S/c1-13-14(2)31-20(24-22(27)23(3,4)5)19(13)21(26)30-12-16(25)15-7-8-17-18(11-15)29-10-6-9-28-17/h7-8,11H,6,9-10,12H2,1-5H3,(H,24,27). The number of nitrogens with one attached hydrogen (secondary N) is 1. The number of rotatable bonds is 5. The molecule has 0 fully saturated rings. The summed E-state index contributed by atoms with van der Waals surface area (Å²) in [6, 6.07) is 4.91. The van der Waals surface area contributed by atoms with Crippen LogP contribution >= 0.6 is 11.3 Å². The smallest absolute Gasteiger partial charge is 0.341 e. The fourth-order valence-corrected chi connectivity index (χ4v) is 3.92. The molecule has 0 atom stereocenters. The number of fused-ring (bicyclic) bond motifs is 1. The number of benzene rings is 1. The van der Waals surface area contributed by atoms with Crippen LogP contribution in [0.25, 0.3) is 0 Å². The number of carbonyl (C=O) groups is 3. The second-order valence-electron chi connectivity index (χ2n) is 8.40. The van der Waals surface area contributed by atoms with Crippen molar-refractivity contribution in [1.29, 1.82) is 0 Å². The highest BCUT2D eigenvalue weighted by Crippen LogP contribution is 2.34. The maximum atomic E-state index is 12.8. The third kappa shape index (κ3) is 5.25. The molecule has 0 aliphatic carbocycles. The van der Waals surface area contributed by atoms with Gasteiger partial charge in [-0.2, -0.15) is 0 Å². The number of anilines is 1. The lowest BCUT2D eigenvalue weighted by Crippen LogP contribution is -2.28. The number of carbonyl (C=O) groups excluding carboxylic acids is 3. The number of ketones is 1. The van der Waals surface area contributed by atoms with E-state index in [9.17, 15) is 14.4 Å². The van der Waals surface area contributed by atoms with Gasteiger partial charge in [0, 0.05) is 22.3 Å². The van der Waals surface area contributed by atoms with Crippen LogP contribution in [0.4, 0.5) is 5.00 Å². The summed E-state index contributed by atoms with van der Waals surface area (Å²) in [5.41, 5.74) is 0.769. The molecule has 0 saturated heterocycles. The van der Waals surface area contributed by atoms with Crippen molar-refractivity contribution in [3.63, 3.8) is 0 Å². The molecule has 3 rings (SSSR count). The summed E-state index contributed by atoms with van der Waals surface area (Å²) in [5.74, 6) is -0.102. The van der Waals surface area contributed by atoms with Crippen LogP contribution < -0.4 is 14.8 Å². The Kier molecular flexibility index (Phi) is 6.69. The highest BCUT2D eigenvalue weighted by Gasteiger charge is 2.27. The molecule has 0 radical (unpaired) electrons. The highest BCUT2D eigenvalue weighted by atomic mass is 32.1. The van der Waals surface area contributed by atoms with Crippen LogP contribution in [0.3, 0.4) is 0 Å². The van der Waals surface area contributed by atoms with Gasteiger partial charge in [-0.1, -0.05) is 20.8 Å². The molecule has 0 spiro atoms. The maximum absolute atomic E-state index is 12.8. The van der Waals surface area contributed by atoms with E-state index >= 15 is 0 Å². The van der Waals surface area contributed by atoms with Gasteiger partial charge in [0.05, 0.1) is 18.8 Å². The molecule has 8 heteroatoms. The first-order chi connectivity index (χ1) is 14.6. The van der Waals surface area contributed by atoms with Crippen molar-refractivity contribution < 1.29 is 28.6 Å². The van der Waals surface area contributed by atoms with Gasteiger partial charge < -0.3 is 19.5 Å². The SMILES string of the molecule is Cc1sc(NC(=O)C(C)(C)C)c(C(=O)OCC(=O)c2ccc3c(c2)OCCCO3)c1C. The Labute approximate surface area is 185 Å². The topological polar surface area (TPSA) is 90.9 Å². The zero-order valence-electron chi connectivity index (χ0n) is 18.4. The van der Waals surface area contributed by atoms with Gasteiger partial charge in [0.1, 0.15) is 5.00 Å². The summed E-state index contributed by atoms with van der Waals surface area (Å²) in [4.78, 5) is 38.7. The summed E-state index contributed by atoms with van der Waals surface area (Å²) >= 11 is 1.31. The molecule has 166 valence electrons. The second-order valence-corrected chi connectivity index (χ2v) is 9.63. The normalized spacial score (nSPS) is 13.3. The van der Waals surface area contributed by atoms with Crippen molar-refractivity contribution >= 4 is 34.0 Å². The van der Waals surface area contributed by atoms with Crippen LogP contribution in [0, 0.1) is 19.3 Å². The lowest BCUT2D eigenvalue weighted by molar-refractivity contribution is -0.123. The van der Waals surface area contributed by atoms with E-state index in [-0.39, 0.29) is 17.3 Å². The average Bonchev–Trinajstić information content (AvgIpc) is 2.87. The predicted octanol–water partition coefficient (Wildman–Crippen LogP) is 4.55. The monoisotopic (exact) mass is 445 g/mol. The van der Waals surface area contributed by atoms with Gasteiger partial charge >= 0.3 is 5.97 Å². The van der Waals surface area contributed by atoms with E-state index in [1.807, 2.05) is 6.92 Å². The predicted molar refractivity (Wildman–Crippen MR) is 119 cm³/mol. The van der Waals surface area contributed by atoms with Crippen LogP contribution in [0.15, 0.2) is 18.2 Å². The molecule has 0 saturated carbocycles. The van der Waals surface area contributed by atoms with Crippen LogP contribution in [0.5, 0.6) is 11.5 Å². The molecule has 2 aromatic rings. The number of ether oxygens (including phenoxy) is 3. The number of amides is 1. The molecule has 2 heterocycles. The summed E-state index contributed by atoms with van der Waals surface area (Å²) in [7, 11) is 0. The number of hydrogen-bond donors (Lipinski definition) is 1. The fourth-order valence-electron chi connectivity index (χ4n) is 2.87. The molecule has 0 bridgehead atoms. The van der Waals surface area contributed by atoms with E-state index in [0.29, 0.717) is 35.3 Å². The Bertz CT molecular complexity index is 1020. The van der Waals surface area contributed by atoms with E-state index < -0.39 is 18.0 Å². The molecular weight excluding hydrogens is 418 g/mol. The first-order valence-corrected chi connectivity index (χ1v) is 10.9. The van der Waals surface area contributed by atoms with Crippen molar-refractivity contribution in [3.8, 4) is 11.5 Å². The van der Waals surface area contributed by atoms with Gasteiger partial charge in [0.2, 0.25) is 5.91 Å². The van der Waals surface area contributed by atoms with Crippen LogP contribution in [-0.2, 0) is 9.53 Å². The summed E-state index contributed by atoms with van der Waals surface area (Å²) in [5, 5.41) is 3.25. The summed E-state index contributed by atoms with van der Waals surface area (Å²) < 4.78 is 16.5. The molecule has 0 unspecified atom stereocenters. The Hall–Kier alpha value is -2.87. The Balaban J connectivity index is 1.72. The number of aryl methyl sites for hydroxylation is 1. The third-order valence-corrected chi connectivity index (χ3v) is 6.02. The van der Waals surface area contributed by atoms with Crippen molar-refractivity contribution in [3.05, 3.63) is 39.8 Å². The minimum atomic E-state index is -0.645. The van der Waals surface area contributed by atoms with E-state index in [0.717, 1.165) is 16.9 Å². The van der Waals surface area contributed by atoms with Gasteiger partial charge in [-0.15, -0.1) is 11.3 Å². The molecule has 31 heavy (non-hydrogen) atoms. The van der Waals surface area contributed by atoms with Gasteiger partial charge in [-0.25, -0.2) is 4.79 Å². The molecule has 1 aliphatic rings. The maximum Gasteiger partial charge on any atom is 0.341 e. The summed E-state index contributed by atoms with van der Waals surface area (Å²) in [6.07, 6.45) is 0.767. The van der Waals surface area contributed by atoms with Gasteiger partial charge in [-0.05, 0) is 37.6 Å². The van der Waals surface area contributed by atoms with Gasteiger partial charge in [0.25, 0.3) is 0 Å². The molecular formula is C23H27NO6S. The van der Waals surface area contributed by atoms with Crippen molar-refractivity contribution in [2.75, 3.05) is 25.1 Å². The molecule has 1 amide bonds. The lowest BCUT2D eigenvalue weighted by atomic mass is 9.96. The largest absolute Gasteiger partial charge is 0.490 e. The molecule has 1 aromatic heterocycles. The van der Waals surface area contributed by atoms with E-state index in [4.69, 9.17) is 14.2 Å². The van der Waals surface area contributed by atoms with Gasteiger partial charge in [0.15, 0.2) is 23.9 Å². The van der Waals surface area contributed by atoms with Crippen LogP contribution in [0.1, 0.15) is 58.3 Å². The van der Waals surface area contributed by atoms with Crippen LogP contribution in [0.2, 0.25) is 0 Å². The number of thiophene rings is 1. The van der Waals surface area contributed by atoms with Crippen LogP contribution in [-0.4, -0.2) is 37.5 Å². The average molecular weight is 446 g/mol. The van der Waals surface area contributed by atoms with Crippen molar-refractivity contribution in [2.24, 2.45) is 5.41 Å². The molecule has 1 aliphatic heterocycles. The fraction of sp³-hybridized carbons (Fsp3) is 0.435. The van der Waals surface area contributed by atoms with E-state index in [2.05, 4.69) is 5.32 Å². The summed E-state index contributed by atoms with van der Waals surface area (Å²) in [6.45, 7) is 9.70. The molecule has 7 nitrogen and oxygen atoms in total. The van der Waals surface area contributed by atoms with E-state index in [1.54, 1.807) is 45.9 Å². The zero-order chi connectivity index (χ0) is 22.8. The lowest BCUT2D eigenvalue weighted by Gasteiger charge is -2.17. The number of hydrogen-bond acceptors (Lipinski definition) is 7. The highest BCUT2D eigenvalue weighted by molar-refractivity contribution is 7.16. The second kappa shape index (κ2) is 9.09.